The van der Waals surface area contributed by atoms with Gasteiger partial charge in [0.05, 0.1) is 11.5 Å². The summed E-state index contributed by atoms with van der Waals surface area (Å²) in [7, 11) is 0. The number of amides is 1. The van der Waals surface area contributed by atoms with Crippen LogP contribution >= 0.6 is 0 Å². The van der Waals surface area contributed by atoms with Gasteiger partial charge in [-0.3, -0.25) is 9.69 Å². The molecule has 1 aromatic rings. The Morgan fingerprint density at radius 1 is 1.28 bits per heavy atom. The Hall–Kier alpha value is -1.42. The summed E-state index contributed by atoms with van der Waals surface area (Å²) < 4.78 is 0. The Balaban J connectivity index is 1.81. The van der Waals surface area contributed by atoms with Gasteiger partial charge in [-0.1, -0.05) is 6.07 Å². The average Bonchev–Trinajstić information content (AvgIpc) is 2.72. The number of aliphatic hydroxyl groups excluding tert-OH is 1. The SMILES string of the molecule is O=C1N(c2ccccn2)CCC12CCC(O)CC2. The Kier molecular flexibility index (Phi) is 2.82. The summed E-state index contributed by atoms with van der Waals surface area (Å²) in [4.78, 5) is 18.7. The second-order valence-corrected chi connectivity index (χ2v) is 5.41. The number of carbonyl (C=O) groups is 1. The lowest BCUT2D eigenvalue weighted by Gasteiger charge is -2.33. The maximum absolute atomic E-state index is 12.6. The molecule has 0 bridgehead atoms. The standard InChI is InChI=1S/C14H18N2O2/c17-11-4-6-14(7-5-11)8-10-16(13(14)18)12-3-1-2-9-15-12/h1-3,9,11,17H,4-8,10H2. The zero-order chi connectivity index (χ0) is 12.6. The van der Waals surface area contributed by atoms with Crippen molar-refractivity contribution in [1.29, 1.82) is 0 Å². The molecule has 1 N–H and O–H groups in total. The van der Waals surface area contributed by atoms with E-state index in [1.165, 1.54) is 0 Å². The minimum absolute atomic E-state index is 0.202. The van der Waals surface area contributed by atoms with Crippen molar-refractivity contribution in [3.05, 3.63) is 24.4 Å². The van der Waals surface area contributed by atoms with E-state index < -0.39 is 0 Å². The van der Waals surface area contributed by atoms with E-state index in [0.29, 0.717) is 0 Å². The van der Waals surface area contributed by atoms with E-state index in [0.717, 1.165) is 44.5 Å². The molecule has 1 aliphatic heterocycles. The van der Waals surface area contributed by atoms with Gasteiger partial charge >= 0.3 is 0 Å². The lowest BCUT2D eigenvalue weighted by Crippen LogP contribution is -2.38. The van der Waals surface area contributed by atoms with Crippen LogP contribution in [0.3, 0.4) is 0 Å². The molecule has 1 spiro atoms. The Labute approximate surface area is 107 Å². The fourth-order valence-electron chi connectivity index (χ4n) is 3.17. The first-order chi connectivity index (χ1) is 8.71. The van der Waals surface area contributed by atoms with Crippen LogP contribution in [0.25, 0.3) is 0 Å². The number of anilines is 1. The first-order valence-corrected chi connectivity index (χ1v) is 6.62. The second-order valence-electron chi connectivity index (χ2n) is 5.41. The van der Waals surface area contributed by atoms with Crippen molar-refractivity contribution in [3.8, 4) is 0 Å². The quantitative estimate of drug-likeness (QED) is 0.821. The molecular weight excluding hydrogens is 228 g/mol. The van der Waals surface area contributed by atoms with E-state index in [9.17, 15) is 9.90 Å². The van der Waals surface area contributed by atoms with E-state index in [-0.39, 0.29) is 17.4 Å². The molecule has 2 heterocycles. The lowest BCUT2D eigenvalue weighted by molar-refractivity contribution is -0.128. The van der Waals surface area contributed by atoms with Gasteiger partial charge in [-0.05, 0) is 44.2 Å². The molecule has 96 valence electrons. The summed E-state index contributed by atoms with van der Waals surface area (Å²) in [5.41, 5.74) is -0.225. The maximum atomic E-state index is 12.6. The Bertz CT molecular complexity index is 438. The Morgan fingerprint density at radius 3 is 2.72 bits per heavy atom. The van der Waals surface area contributed by atoms with Crippen LogP contribution in [0.1, 0.15) is 32.1 Å². The molecule has 1 aliphatic carbocycles. The minimum Gasteiger partial charge on any atom is -0.393 e. The number of pyridine rings is 1. The third kappa shape index (κ3) is 1.81. The smallest absolute Gasteiger partial charge is 0.234 e. The van der Waals surface area contributed by atoms with Crippen LogP contribution in [-0.4, -0.2) is 28.6 Å². The van der Waals surface area contributed by atoms with Crippen LogP contribution in [0.5, 0.6) is 0 Å². The highest BCUT2D eigenvalue weighted by Crippen LogP contribution is 2.45. The fourth-order valence-corrected chi connectivity index (χ4v) is 3.17. The summed E-state index contributed by atoms with van der Waals surface area (Å²) in [6.45, 7) is 0.756. The lowest BCUT2D eigenvalue weighted by atomic mass is 9.72. The van der Waals surface area contributed by atoms with Crippen LogP contribution in [0.2, 0.25) is 0 Å². The summed E-state index contributed by atoms with van der Waals surface area (Å²) >= 11 is 0. The van der Waals surface area contributed by atoms with Crippen molar-refractivity contribution in [2.24, 2.45) is 5.41 Å². The highest BCUT2D eigenvalue weighted by Gasteiger charge is 2.48. The van der Waals surface area contributed by atoms with Gasteiger partial charge in [-0.15, -0.1) is 0 Å². The molecule has 1 saturated heterocycles. The highest BCUT2D eigenvalue weighted by molar-refractivity contribution is 5.99. The van der Waals surface area contributed by atoms with Gasteiger partial charge in [0, 0.05) is 12.7 Å². The van der Waals surface area contributed by atoms with Crippen LogP contribution in [0.4, 0.5) is 5.82 Å². The molecule has 1 aromatic heterocycles. The van der Waals surface area contributed by atoms with E-state index >= 15 is 0 Å². The van der Waals surface area contributed by atoms with Gasteiger partial charge in [0.25, 0.3) is 0 Å². The minimum atomic E-state index is -0.225. The molecule has 4 nitrogen and oxygen atoms in total. The van der Waals surface area contributed by atoms with Crippen molar-refractivity contribution < 1.29 is 9.90 Å². The maximum Gasteiger partial charge on any atom is 0.234 e. The van der Waals surface area contributed by atoms with E-state index in [2.05, 4.69) is 4.98 Å². The van der Waals surface area contributed by atoms with Crippen molar-refractivity contribution >= 4 is 11.7 Å². The monoisotopic (exact) mass is 246 g/mol. The number of hydrogen-bond acceptors (Lipinski definition) is 3. The van der Waals surface area contributed by atoms with Crippen LogP contribution in [-0.2, 0) is 4.79 Å². The molecule has 4 heteroatoms. The van der Waals surface area contributed by atoms with Crippen molar-refractivity contribution in [3.63, 3.8) is 0 Å². The number of carbonyl (C=O) groups excluding carboxylic acids is 1. The van der Waals surface area contributed by atoms with E-state index in [4.69, 9.17) is 0 Å². The summed E-state index contributed by atoms with van der Waals surface area (Å²) in [6.07, 6.45) is 5.54. The molecule has 1 saturated carbocycles. The molecule has 0 unspecified atom stereocenters. The first kappa shape index (κ1) is 11.7. The van der Waals surface area contributed by atoms with Crippen molar-refractivity contribution in [1.82, 2.24) is 4.98 Å². The molecule has 1 amide bonds. The molecule has 2 aliphatic rings. The van der Waals surface area contributed by atoms with Crippen molar-refractivity contribution in [2.45, 2.75) is 38.2 Å². The first-order valence-electron chi connectivity index (χ1n) is 6.62. The number of rotatable bonds is 1. The predicted octanol–water partition coefficient (Wildman–Crippen LogP) is 1.74. The molecule has 18 heavy (non-hydrogen) atoms. The summed E-state index contributed by atoms with van der Waals surface area (Å²) in [5.74, 6) is 0.957. The topological polar surface area (TPSA) is 53.4 Å². The Morgan fingerprint density at radius 2 is 2.06 bits per heavy atom. The number of aromatic nitrogens is 1. The fraction of sp³-hybridized carbons (Fsp3) is 0.571. The summed E-state index contributed by atoms with van der Waals surface area (Å²) in [5, 5.41) is 9.58. The van der Waals surface area contributed by atoms with Gasteiger partial charge in [0.1, 0.15) is 5.82 Å². The molecular formula is C14H18N2O2. The highest BCUT2D eigenvalue weighted by atomic mass is 16.3. The average molecular weight is 246 g/mol. The van der Waals surface area contributed by atoms with Gasteiger partial charge in [-0.2, -0.15) is 0 Å². The van der Waals surface area contributed by atoms with Gasteiger partial charge < -0.3 is 5.11 Å². The summed E-state index contributed by atoms with van der Waals surface area (Å²) in [6, 6.07) is 5.65. The van der Waals surface area contributed by atoms with E-state index in [1.807, 2.05) is 18.2 Å². The molecule has 2 fully saturated rings. The van der Waals surface area contributed by atoms with Gasteiger partial charge in [0.2, 0.25) is 5.91 Å². The number of hydrogen-bond donors (Lipinski definition) is 1. The van der Waals surface area contributed by atoms with Crippen LogP contribution in [0.15, 0.2) is 24.4 Å². The third-order valence-corrected chi connectivity index (χ3v) is 4.35. The zero-order valence-corrected chi connectivity index (χ0v) is 10.4. The normalized spacial score (nSPS) is 32.2. The molecule has 0 aromatic carbocycles. The number of nitrogens with zero attached hydrogens (tertiary/aromatic N) is 2. The van der Waals surface area contributed by atoms with Crippen molar-refractivity contribution in [2.75, 3.05) is 11.4 Å². The zero-order valence-electron chi connectivity index (χ0n) is 10.4. The van der Waals surface area contributed by atoms with Crippen LogP contribution < -0.4 is 4.90 Å². The largest absolute Gasteiger partial charge is 0.393 e. The molecule has 0 radical (unpaired) electrons. The predicted molar refractivity (Wildman–Crippen MR) is 68.1 cm³/mol. The van der Waals surface area contributed by atoms with Gasteiger partial charge in [0.15, 0.2) is 0 Å². The molecule has 0 atom stereocenters. The van der Waals surface area contributed by atoms with E-state index in [1.54, 1.807) is 11.1 Å². The van der Waals surface area contributed by atoms with Crippen LogP contribution in [0, 0.1) is 5.41 Å². The second kappa shape index (κ2) is 4.35. The number of aliphatic hydroxyl groups is 1. The third-order valence-electron chi connectivity index (χ3n) is 4.35. The van der Waals surface area contributed by atoms with Gasteiger partial charge in [-0.25, -0.2) is 4.98 Å². The molecule has 3 rings (SSSR count).